The van der Waals surface area contributed by atoms with Gasteiger partial charge in [-0.1, -0.05) is 27.4 Å². The van der Waals surface area contributed by atoms with Gasteiger partial charge in [0.2, 0.25) is 12.2 Å². The van der Waals surface area contributed by atoms with Crippen molar-refractivity contribution in [2.24, 2.45) is 20.8 Å². The number of aliphatic carboxylic acids is 1. The lowest BCUT2D eigenvalue weighted by Crippen LogP contribution is -2.39. The Morgan fingerprint density at radius 1 is 1.27 bits per heavy atom. The van der Waals surface area contributed by atoms with Crippen molar-refractivity contribution >= 4 is 18.1 Å². The molecule has 0 heterocycles. The molecule has 2 unspecified atom stereocenters. The third-order valence-electron chi connectivity index (χ3n) is 3.55. The summed E-state index contributed by atoms with van der Waals surface area (Å²) in [5, 5.41) is 7.89. The lowest BCUT2D eigenvalue weighted by molar-refractivity contribution is -0.132. The molecule has 0 saturated heterocycles. The quantitative estimate of drug-likeness (QED) is 0.490. The van der Waals surface area contributed by atoms with Crippen LogP contribution in [0.1, 0.15) is 47.0 Å². The zero-order valence-corrected chi connectivity index (χ0v) is 13.7. The molecule has 1 rings (SSSR count). The lowest BCUT2D eigenvalue weighted by atomic mass is 9.63. The Balaban J connectivity index is 0.000000626. The maximum atomic E-state index is 10.3. The van der Waals surface area contributed by atoms with Crippen LogP contribution in [-0.2, 0) is 14.4 Å². The minimum absolute atomic E-state index is 0.00750. The molecule has 0 amide bonds. The molecule has 6 nitrogen and oxygen atoms in total. The Morgan fingerprint density at radius 3 is 2.23 bits per heavy atom. The van der Waals surface area contributed by atoms with Crippen LogP contribution in [0.2, 0.25) is 0 Å². The molecule has 0 aromatic heterocycles. The van der Waals surface area contributed by atoms with E-state index in [9.17, 15) is 14.4 Å². The van der Waals surface area contributed by atoms with E-state index in [0.29, 0.717) is 6.54 Å². The Kier molecular flexibility index (Phi) is 7.64. The van der Waals surface area contributed by atoms with Crippen molar-refractivity contribution in [1.82, 2.24) is 0 Å². The zero-order valence-electron chi connectivity index (χ0n) is 13.7. The first-order valence-corrected chi connectivity index (χ1v) is 7.05. The highest BCUT2D eigenvalue weighted by Crippen LogP contribution is 2.47. The van der Waals surface area contributed by atoms with Crippen LogP contribution >= 0.6 is 0 Å². The van der Waals surface area contributed by atoms with E-state index in [1.54, 1.807) is 12.2 Å². The molecule has 0 aliphatic heterocycles. The second kappa shape index (κ2) is 8.42. The highest BCUT2D eigenvalue weighted by molar-refractivity contribution is 5.84. The number of carbonyl (C=O) groups is 1. The van der Waals surface area contributed by atoms with E-state index in [1.165, 1.54) is 6.92 Å². The fraction of sp³-hybridized carbons (Fsp3) is 0.688. The minimum Gasteiger partial charge on any atom is -0.478 e. The van der Waals surface area contributed by atoms with E-state index in [-0.39, 0.29) is 22.4 Å². The molecule has 0 aromatic carbocycles. The second-order valence-corrected chi connectivity index (χ2v) is 6.93. The van der Waals surface area contributed by atoms with Crippen molar-refractivity contribution in [2.75, 3.05) is 6.54 Å². The zero-order chi connectivity index (χ0) is 17.4. The number of rotatable bonds is 4. The predicted molar refractivity (Wildman–Crippen MR) is 83.1 cm³/mol. The summed E-state index contributed by atoms with van der Waals surface area (Å²) in [6, 6.07) is 0.00750. The van der Waals surface area contributed by atoms with Gasteiger partial charge in [0.15, 0.2) is 0 Å². The van der Waals surface area contributed by atoms with Crippen molar-refractivity contribution in [2.45, 2.75) is 53.0 Å². The standard InChI is InChI=1S/C12H18N2O2.C4H6O2/c1-11(2)4-10(14-9-16)5-12(3,6-11)7-13-8-15;1-3(2)4(5)6/h10H,4-7H2,1-3H3;1H2,2H3,(H,5,6). The normalized spacial score (nSPS) is 25.5. The molecule has 0 aromatic rings. The van der Waals surface area contributed by atoms with E-state index < -0.39 is 5.97 Å². The first-order chi connectivity index (χ1) is 10.0. The van der Waals surface area contributed by atoms with Crippen molar-refractivity contribution in [3.05, 3.63) is 12.2 Å². The molecular weight excluding hydrogens is 284 g/mol. The number of hydrogen-bond donors (Lipinski definition) is 1. The molecule has 1 N–H and O–H groups in total. The first kappa shape index (κ1) is 20.0. The fourth-order valence-electron chi connectivity index (χ4n) is 3.09. The van der Waals surface area contributed by atoms with Gasteiger partial charge < -0.3 is 5.11 Å². The van der Waals surface area contributed by atoms with Crippen molar-refractivity contribution < 1.29 is 19.5 Å². The topological polar surface area (TPSA) is 96.2 Å². The molecule has 2 atom stereocenters. The van der Waals surface area contributed by atoms with Gasteiger partial charge in [0.1, 0.15) is 0 Å². The van der Waals surface area contributed by atoms with Crippen molar-refractivity contribution in [1.29, 1.82) is 0 Å². The summed E-state index contributed by atoms with van der Waals surface area (Å²) in [6.07, 6.45) is 5.88. The average Bonchev–Trinajstić information content (AvgIpc) is 2.35. The van der Waals surface area contributed by atoms with E-state index in [1.807, 2.05) is 0 Å². The molecule has 0 bridgehead atoms. The SMILES string of the molecule is C=C(C)C(=O)O.CC1(C)CC(N=C=O)CC(C)(CN=C=O)C1. The molecule has 22 heavy (non-hydrogen) atoms. The maximum absolute atomic E-state index is 10.3. The van der Waals surface area contributed by atoms with Gasteiger partial charge in [-0.15, -0.1) is 0 Å². The van der Waals surface area contributed by atoms with Gasteiger partial charge in [0.05, 0.1) is 12.6 Å². The summed E-state index contributed by atoms with van der Waals surface area (Å²) in [7, 11) is 0. The van der Waals surface area contributed by atoms with Gasteiger partial charge in [-0.2, -0.15) is 0 Å². The molecule has 1 aliphatic carbocycles. The summed E-state index contributed by atoms with van der Waals surface area (Å²) in [5.41, 5.74) is 0.232. The molecule has 122 valence electrons. The highest BCUT2D eigenvalue weighted by atomic mass is 16.4. The number of carboxylic acid groups (broad SMARTS) is 1. The second-order valence-electron chi connectivity index (χ2n) is 6.93. The molecule has 1 aliphatic rings. The van der Waals surface area contributed by atoms with Crippen LogP contribution in [0.25, 0.3) is 0 Å². The first-order valence-electron chi connectivity index (χ1n) is 7.05. The Hall–Kier alpha value is -2.03. The van der Waals surface area contributed by atoms with Gasteiger partial charge in [-0.05, 0) is 37.0 Å². The fourth-order valence-corrected chi connectivity index (χ4v) is 3.09. The molecule has 0 radical (unpaired) electrons. The average molecular weight is 308 g/mol. The summed E-state index contributed by atoms with van der Waals surface area (Å²) in [6.45, 7) is 11.5. The summed E-state index contributed by atoms with van der Waals surface area (Å²) >= 11 is 0. The van der Waals surface area contributed by atoms with Crippen LogP contribution in [0.4, 0.5) is 0 Å². The van der Waals surface area contributed by atoms with Gasteiger partial charge in [0, 0.05) is 5.57 Å². The largest absolute Gasteiger partial charge is 0.478 e. The lowest BCUT2D eigenvalue weighted by Gasteiger charge is -2.44. The van der Waals surface area contributed by atoms with E-state index in [2.05, 4.69) is 37.3 Å². The van der Waals surface area contributed by atoms with Crippen LogP contribution in [0.5, 0.6) is 0 Å². The monoisotopic (exact) mass is 308 g/mol. The van der Waals surface area contributed by atoms with Gasteiger partial charge >= 0.3 is 5.97 Å². The van der Waals surface area contributed by atoms with E-state index in [4.69, 9.17) is 5.11 Å². The summed E-state index contributed by atoms with van der Waals surface area (Å²) in [5.74, 6) is -0.935. The van der Waals surface area contributed by atoms with Crippen LogP contribution in [0, 0.1) is 10.8 Å². The molecule has 1 saturated carbocycles. The predicted octanol–water partition coefficient (Wildman–Crippen LogP) is 2.89. The number of isocyanates is 2. The van der Waals surface area contributed by atoms with Gasteiger partial charge in [0.25, 0.3) is 0 Å². The Labute approximate surface area is 131 Å². The Morgan fingerprint density at radius 2 is 1.82 bits per heavy atom. The summed E-state index contributed by atoms with van der Waals surface area (Å²) in [4.78, 5) is 37.6. The number of carbonyl (C=O) groups excluding carboxylic acids is 2. The number of aliphatic imine (C=N–C) groups is 2. The number of carboxylic acids is 1. The maximum Gasteiger partial charge on any atom is 0.330 e. The number of hydrogen-bond acceptors (Lipinski definition) is 5. The molecule has 6 heteroatoms. The summed E-state index contributed by atoms with van der Waals surface area (Å²) < 4.78 is 0. The van der Waals surface area contributed by atoms with Crippen LogP contribution in [0.3, 0.4) is 0 Å². The number of nitrogens with zero attached hydrogens (tertiary/aromatic N) is 2. The van der Waals surface area contributed by atoms with Crippen molar-refractivity contribution in [3.63, 3.8) is 0 Å². The minimum atomic E-state index is -0.935. The molecular formula is C16H24N2O4. The smallest absolute Gasteiger partial charge is 0.330 e. The molecule has 1 fully saturated rings. The van der Waals surface area contributed by atoms with Crippen LogP contribution in [0.15, 0.2) is 22.1 Å². The van der Waals surface area contributed by atoms with E-state index >= 15 is 0 Å². The van der Waals surface area contributed by atoms with Crippen LogP contribution in [-0.4, -0.2) is 35.8 Å². The molecule has 0 spiro atoms. The third-order valence-corrected chi connectivity index (χ3v) is 3.55. The van der Waals surface area contributed by atoms with Crippen molar-refractivity contribution in [3.8, 4) is 0 Å². The van der Waals surface area contributed by atoms with Gasteiger partial charge in [-0.3, -0.25) is 0 Å². The highest BCUT2D eigenvalue weighted by Gasteiger charge is 2.41. The third kappa shape index (κ3) is 7.67. The van der Waals surface area contributed by atoms with E-state index in [0.717, 1.165) is 19.3 Å². The Bertz CT molecular complexity index is 502. The van der Waals surface area contributed by atoms with Gasteiger partial charge in [-0.25, -0.2) is 24.4 Å². The van der Waals surface area contributed by atoms with Crippen LogP contribution < -0.4 is 0 Å².